The number of aryl methyl sites for hydroxylation is 1. The molecule has 6 heteroatoms. The maximum Gasteiger partial charge on any atom is 0.148 e. The summed E-state index contributed by atoms with van der Waals surface area (Å²) in [5.41, 5.74) is 2.93. The highest BCUT2D eigenvalue weighted by Gasteiger charge is 2.04. The average molecular weight is 283 g/mol. The van der Waals surface area contributed by atoms with Crippen molar-refractivity contribution in [3.63, 3.8) is 0 Å². The van der Waals surface area contributed by atoms with E-state index in [1.165, 1.54) is 0 Å². The molecule has 0 spiro atoms. The number of anilines is 1. The molecule has 0 amide bonds. The molecular weight excluding hydrogens is 270 g/mol. The number of nitrogens with one attached hydrogen (secondary N) is 1. The first-order chi connectivity index (χ1) is 9.81. The van der Waals surface area contributed by atoms with Crippen molar-refractivity contribution in [2.24, 2.45) is 0 Å². The average Bonchev–Trinajstić information content (AvgIpc) is 2.97. The van der Waals surface area contributed by atoms with Gasteiger partial charge in [-0.1, -0.05) is 0 Å². The molecule has 1 N–H and O–H groups in total. The first kappa shape index (κ1) is 12.7. The van der Waals surface area contributed by atoms with Gasteiger partial charge < -0.3 is 5.32 Å². The van der Waals surface area contributed by atoms with Crippen LogP contribution in [-0.4, -0.2) is 20.2 Å². The van der Waals surface area contributed by atoms with Crippen molar-refractivity contribution in [2.45, 2.75) is 13.5 Å². The molecule has 0 saturated carbocycles. The Morgan fingerprint density at radius 2 is 2.15 bits per heavy atom. The minimum Gasteiger partial charge on any atom is -0.363 e. The van der Waals surface area contributed by atoms with E-state index in [9.17, 15) is 0 Å². The monoisotopic (exact) mass is 283 g/mol. The minimum atomic E-state index is 0.633. The Kier molecular flexibility index (Phi) is 3.64. The maximum atomic E-state index is 4.58. The summed E-state index contributed by atoms with van der Waals surface area (Å²) < 4.78 is 0. The zero-order valence-corrected chi connectivity index (χ0v) is 11.8. The molecule has 0 aliphatic carbocycles. The van der Waals surface area contributed by atoms with Gasteiger partial charge in [0.05, 0.1) is 17.9 Å². The van der Waals surface area contributed by atoms with Crippen LogP contribution in [0.4, 0.5) is 5.82 Å². The Morgan fingerprint density at radius 1 is 1.20 bits per heavy atom. The summed E-state index contributed by atoms with van der Waals surface area (Å²) in [5, 5.41) is 14.3. The van der Waals surface area contributed by atoms with E-state index < -0.39 is 0 Å². The molecule has 0 bridgehead atoms. The lowest BCUT2D eigenvalue weighted by atomic mass is 10.3. The van der Waals surface area contributed by atoms with Crippen LogP contribution in [0.3, 0.4) is 0 Å². The molecule has 0 aliphatic heterocycles. The summed E-state index contributed by atoms with van der Waals surface area (Å²) in [6.07, 6.45) is 3.58. The standard InChI is InChI=1S/C14H13N5S/c1-10-4-5-13(19-18-10)16-8-12-9-20-14(17-12)11-3-2-6-15-7-11/h2-7,9H,8H2,1H3,(H,16,19). The Bertz CT molecular complexity index is 678. The molecule has 0 aromatic carbocycles. The Morgan fingerprint density at radius 3 is 2.90 bits per heavy atom. The van der Waals surface area contributed by atoms with Crippen LogP contribution in [-0.2, 0) is 6.54 Å². The van der Waals surface area contributed by atoms with Crippen LogP contribution in [0.25, 0.3) is 10.6 Å². The van der Waals surface area contributed by atoms with E-state index >= 15 is 0 Å². The first-order valence-electron chi connectivity index (χ1n) is 6.20. The summed E-state index contributed by atoms with van der Waals surface area (Å²) in [6.45, 7) is 2.55. The third-order valence-corrected chi connectivity index (χ3v) is 3.65. The van der Waals surface area contributed by atoms with E-state index in [1.807, 2.05) is 42.8 Å². The van der Waals surface area contributed by atoms with Crippen molar-refractivity contribution in [3.8, 4) is 10.6 Å². The van der Waals surface area contributed by atoms with Crippen LogP contribution < -0.4 is 5.32 Å². The number of aromatic nitrogens is 4. The molecule has 3 aromatic heterocycles. The van der Waals surface area contributed by atoms with Gasteiger partial charge in [-0.15, -0.1) is 16.4 Å². The van der Waals surface area contributed by atoms with Gasteiger partial charge in [0, 0.05) is 23.3 Å². The summed E-state index contributed by atoms with van der Waals surface area (Å²) in [6, 6.07) is 7.76. The second kappa shape index (κ2) is 5.75. The predicted octanol–water partition coefficient (Wildman–Crippen LogP) is 2.92. The Labute approximate surface area is 120 Å². The van der Waals surface area contributed by atoms with Gasteiger partial charge >= 0.3 is 0 Å². The van der Waals surface area contributed by atoms with Gasteiger partial charge in [0.1, 0.15) is 10.8 Å². The summed E-state index contributed by atoms with van der Waals surface area (Å²) in [4.78, 5) is 8.69. The third kappa shape index (κ3) is 2.97. The predicted molar refractivity (Wildman–Crippen MR) is 79.4 cm³/mol. The third-order valence-electron chi connectivity index (χ3n) is 2.71. The lowest BCUT2D eigenvalue weighted by Crippen LogP contribution is -2.02. The fourth-order valence-corrected chi connectivity index (χ4v) is 2.49. The van der Waals surface area contributed by atoms with Crippen LogP contribution in [0.1, 0.15) is 11.4 Å². The van der Waals surface area contributed by atoms with Gasteiger partial charge in [0.25, 0.3) is 0 Å². The van der Waals surface area contributed by atoms with Crippen molar-refractivity contribution in [1.82, 2.24) is 20.2 Å². The quantitative estimate of drug-likeness (QED) is 0.797. The molecule has 0 atom stereocenters. The lowest BCUT2D eigenvalue weighted by molar-refractivity contribution is 0.955. The topological polar surface area (TPSA) is 63.6 Å². The number of rotatable bonds is 4. The Hall–Kier alpha value is -2.34. The second-order valence-electron chi connectivity index (χ2n) is 4.30. The zero-order chi connectivity index (χ0) is 13.8. The van der Waals surface area contributed by atoms with Gasteiger partial charge in [-0.2, -0.15) is 5.10 Å². The normalized spacial score (nSPS) is 10.4. The Balaban J connectivity index is 1.67. The largest absolute Gasteiger partial charge is 0.363 e. The summed E-state index contributed by atoms with van der Waals surface area (Å²) in [7, 11) is 0. The molecule has 5 nitrogen and oxygen atoms in total. The molecule has 0 unspecified atom stereocenters. The number of hydrogen-bond donors (Lipinski definition) is 1. The summed E-state index contributed by atoms with van der Waals surface area (Å²) >= 11 is 1.61. The lowest BCUT2D eigenvalue weighted by Gasteiger charge is -2.02. The fraction of sp³-hybridized carbons (Fsp3) is 0.143. The van der Waals surface area contributed by atoms with Crippen molar-refractivity contribution < 1.29 is 0 Å². The van der Waals surface area contributed by atoms with Gasteiger partial charge in [-0.25, -0.2) is 4.98 Å². The SMILES string of the molecule is Cc1ccc(NCc2csc(-c3cccnc3)n2)nn1. The van der Waals surface area contributed by atoms with Gasteiger partial charge in [0.15, 0.2) is 0 Å². The van der Waals surface area contributed by atoms with E-state index in [4.69, 9.17) is 0 Å². The second-order valence-corrected chi connectivity index (χ2v) is 5.16. The number of nitrogens with zero attached hydrogens (tertiary/aromatic N) is 4. The van der Waals surface area contributed by atoms with Crippen molar-refractivity contribution in [3.05, 3.63) is 53.4 Å². The zero-order valence-electron chi connectivity index (χ0n) is 10.9. The number of thiazole rings is 1. The summed E-state index contributed by atoms with van der Waals surface area (Å²) in [5.74, 6) is 0.756. The molecule has 3 rings (SSSR count). The van der Waals surface area contributed by atoms with Crippen LogP contribution in [0.5, 0.6) is 0 Å². The maximum absolute atomic E-state index is 4.58. The van der Waals surface area contributed by atoms with Gasteiger partial charge in [-0.05, 0) is 31.2 Å². The van der Waals surface area contributed by atoms with E-state index in [-0.39, 0.29) is 0 Å². The van der Waals surface area contributed by atoms with Gasteiger partial charge in [0.2, 0.25) is 0 Å². The first-order valence-corrected chi connectivity index (χ1v) is 7.08. The van der Waals surface area contributed by atoms with Crippen LogP contribution in [0, 0.1) is 6.92 Å². The molecule has 0 fully saturated rings. The molecule has 0 radical (unpaired) electrons. The smallest absolute Gasteiger partial charge is 0.148 e. The van der Waals surface area contributed by atoms with Crippen molar-refractivity contribution in [2.75, 3.05) is 5.32 Å². The van der Waals surface area contributed by atoms with Crippen molar-refractivity contribution in [1.29, 1.82) is 0 Å². The molecule has 0 saturated heterocycles. The molecule has 3 heterocycles. The highest BCUT2D eigenvalue weighted by Crippen LogP contribution is 2.22. The van der Waals surface area contributed by atoms with E-state index in [1.54, 1.807) is 17.5 Å². The molecule has 3 aromatic rings. The molecular formula is C14H13N5S. The van der Waals surface area contributed by atoms with Crippen LogP contribution in [0.2, 0.25) is 0 Å². The highest BCUT2D eigenvalue weighted by molar-refractivity contribution is 7.13. The number of hydrogen-bond acceptors (Lipinski definition) is 6. The van der Waals surface area contributed by atoms with E-state index in [0.717, 1.165) is 27.8 Å². The van der Waals surface area contributed by atoms with Gasteiger partial charge in [-0.3, -0.25) is 4.98 Å². The number of pyridine rings is 1. The van der Waals surface area contributed by atoms with E-state index in [2.05, 4.69) is 25.5 Å². The molecule has 100 valence electrons. The van der Waals surface area contributed by atoms with Crippen LogP contribution in [0.15, 0.2) is 42.0 Å². The van der Waals surface area contributed by atoms with Crippen molar-refractivity contribution >= 4 is 17.2 Å². The van der Waals surface area contributed by atoms with Crippen LogP contribution >= 0.6 is 11.3 Å². The highest BCUT2D eigenvalue weighted by atomic mass is 32.1. The molecule has 20 heavy (non-hydrogen) atoms. The minimum absolute atomic E-state index is 0.633. The molecule has 0 aliphatic rings. The van der Waals surface area contributed by atoms with E-state index in [0.29, 0.717) is 6.54 Å². The fourth-order valence-electron chi connectivity index (χ4n) is 1.68.